The van der Waals surface area contributed by atoms with Gasteiger partial charge in [-0.2, -0.15) is 0 Å². The number of carboxylic acid groups (broad SMARTS) is 1. The minimum Gasteiger partial charge on any atom is -0.480 e. The van der Waals surface area contributed by atoms with Crippen molar-refractivity contribution in [3.63, 3.8) is 0 Å². The molecule has 2 N–H and O–H groups in total. The minimum atomic E-state index is -0.894. The van der Waals surface area contributed by atoms with E-state index >= 15 is 0 Å². The van der Waals surface area contributed by atoms with Crippen LogP contribution in [0.5, 0.6) is 0 Å². The van der Waals surface area contributed by atoms with Gasteiger partial charge in [0, 0.05) is 0 Å². The molecule has 3 nitrogen and oxygen atoms in total. The van der Waals surface area contributed by atoms with E-state index in [1.54, 1.807) is 18.2 Å². The molecule has 0 saturated carbocycles. The molecule has 0 heterocycles. The zero-order chi connectivity index (χ0) is 12.8. The number of carboxylic acids is 1. The summed E-state index contributed by atoms with van der Waals surface area (Å²) in [6, 6.07) is 4.41. The van der Waals surface area contributed by atoms with E-state index in [1.165, 1.54) is 0 Å². The van der Waals surface area contributed by atoms with E-state index in [9.17, 15) is 4.79 Å². The van der Waals surface area contributed by atoms with Gasteiger partial charge in [0.25, 0.3) is 0 Å². The van der Waals surface area contributed by atoms with E-state index in [0.29, 0.717) is 22.2 Å². The number of hydrogen-bond acceptors (Lipinski definition) is 2. The van der Waals surface area contributed by atoms with Gasteiger partial charge >= 0.3 is 5.97 Å². The van der Waals surface area contributed by atoms with E-state index in [0.717, 1.165) is 12.8 Å². The van der Waals surface area contributed by atoms with Gasteiger partial charge in [-0.1, -0.05) is 49.0 Å². The molecule has 0 aromatic heterocycles. The molecule has 0 spiro atoms. The number of hydrogen-bond donors (Lipinski definition) is 2. The van der Waals surface area contributed by atoms with Gasteiger partial charge in [-0.05, 0) is 18.6 Å². The largest absolute Gasteiger partial charge is 0.480 e. The van der Waals surface area contributed by atoms with Crippen molar-refractivity contribution in [2.24, 2.45) is 0 Å². The SMILES string of the molecule is CCCCC(Nc1c(Cl)cccc1Cl)C(=O)O. The van der Waals surface area contributed by atoms with Crippen LogP contribution in [0.15, 0.2) is 18.2 Å². The summed E-state index contributed by atoms with van der Waals surface area (Å²) < 4.78 is 0. The number of rotatable bonds is 6. The summed E-state index contributed by atoms with van der Waals surface area (Å²) in [5, 5.41) is 12.8. The second-order valence-corrected chi connectivity index (χ2v) is 4.59. The molecule has 94 valence electrons. The van der Waals surface area contributed by atoms with Crippen LogP contribution in [-0.4, -0.2) is 17.1 Å². The Bertz CT molecular complexity index is 376. The Morgan fingerprint density at radius 1 is 1.41 bits per heavy atom. The van der Waals surface area contributed by atoms with Crippen LogP contribution in [0, 0.1) is 0 Å². The van der Waals surface area contributed by atoms with Gasteiger partial charge in [-0.15, -0.1) is 0 Å². The molecule has 0 radical (unpaired) electrons. The number of para-hydroxylation sites is 1. The second kappa shape index (κ2) is 6.72. The molecule has 0 aliphatic heterocycles. The molecule has 1 atom stereocenters. The van der Waals surface area contributed by atoms with Crippen LogP contribution in [0.1, 0.15) is 26.2 Å². The third-order valence-electron chi connectivity index (χ3n) is 2.43. The first kappa shape index (κ1) is 14.1. The molecule has 1 aromatic carbocycles. The van der Waals surface area contributed by atoms with E-state index in [2.05, 4.69) is 5.32 Å². The molecule has 0 saturated heterocycles. The Kier molecular flexibility index (Phi) is 5.59. The number of unbranched alkanes of at least 4 members (excludes halogenated alkanes) is 1. The van der Waals surface area contributed by atoms with Crippen LogP contribution in [-0.2, 0) is 4.79 Å². The highest BCUT2D eigenvalue weighted by Crippen LogP contribution is 2.30. The maximum absolute atomic E-state index is 11.1. The number of benzene rings is 1. The predicted octanol–water partition coefficient (Wildman–Crippen LogP) is 4.05. The molecule has 1 aromatic rings. The second-order valence-electron chi connectivity index (χ2n) is 3.77. The Hall–Kier alpha value is -0.930. The summed E-state index contributed by atoms with van der Waals surface area (Å²) >= 11 is 11.9. The summed E-state index contributed by atoms with van der Waals surface area (Å²) in [5.74, 6) is -0.894. The molecule has 0 fully saturated rings. The summed E-state index contributed by atoms with van der Waals surface area (Å²) in [6.45, 7) is 2.02. The van der Waals surface area contributed by atoms with E-state index in [1.807, 2.05) is 6.92 Å². The normalized spacial score (nSPS) is 12.2. The van der Waals surface area contributed by atoms with Crippen molar-refractivity contribution in [3.05, 3.63) is 28.2 Å². The minimum absolute atomic E-state index is 0.431. The standard InChI is InChI=1S/C12H15Cl2NO2/c1-2-3-7-10(12(16)17)15-11-8(13)5-4-6-9(11)14/h4-6,10,15H,2-3,7H2,1H3,(H,16,17). The van der Waals surface area contributed by atoms with Crippen molar-refractivity contribution in [2.45, 2.75) is 32.2 Å². The smallest absolute Gasteiger partial charge is 0.326 e. The lowest BCUT2D eigenvalue weighted by Gasteiger charge is -2.17. The van der Waals surface area contributed by atoms with E-state index in [-0.39, 0.29) is 0 Å². The molecule has 5 heteroatoms. The zero-order valence-corrected chi connectivity index (χ0v) is 11.1. The van der Waals surface area contributed by atoms with Crippen LogP contribution in [0.2, 0.25) is 10.0 Å². The quantitative estimate of drug-likeness (QED) is 0.824. The first-order valence-electron chi connectivity index (χ1n) is 5.49. The number of nitrogens with one attached hydrogen (secondary N) is 1. The third-order valence-corrected chi connectivity index (χ3v) is 3.06. The van der Waals surface area contributed by atoms with Gasteiger partial charge in [0.05, 0.1) is 15.7 Å². The molecule has 1 unspecified atom stereocenters. The summed E-state index contributed by atoms with van der Waals surface area (Å²) in [6.07, 6.45) is 2.33. The van der Waals surface area contributed by atoms with Crippen LogP contribution in [0.4, 0.5) is 5.69 Å². The summed E-state index contributed by atoms with van der Waals surface area (Å²) in [7, 11) is 0. The van der Waals surface area contributed by atoms with Crippen LogP contribution >= 0.6 is 23.2 Å². The lowest BCUT2D eigenvalue weighted by molar-refractivity contribution is -0.138. The van der Waals surface area contributed by atoms with Crippen molar-refractivity contribution >= 4 is 34.9 Å². The number of anilines is 1. The molecular formula is C12H15Cl2NO2. The van der Waals surface area contributed by atoms with Gasteiger partial charge in [-0.25, -0.2) is 4.79 Å². The zero-order valence-electron chi connectivity index (χ0n) is 9.54. The summed E-state index contributed by atoms with van der Waals surface area (Å²) in [4.78, 5) is 11.1. The Labute approximate surface area is 111 Å². The van der Waals surface area contributed by atoms with E-state index in [4.69, 9.17) is 28.3 Å². The Morgan fingerprint density at radius 2 is 2.00 bits per heavy atom. The number of aliphatic carboxylic acids is 1. The van der Waals surface area contributed by atoms with Gasteiger partial charge in [-0.3, -0.25) is 0 Å². The van der Waals surface area contributed by atoms with Crippen molar-refractivity contribution in [1.82, 2.24) is 0 Å². The molecular weight excluding hydrogens is 261 g/mol. The lowest BCUT2D eigenvalue weighted by Crippen LogP contribution is -2.29. The fourth-order valence-corrected chi connectivity index (χ4v) is 1.98. The highest BCUT2D eigenvalue weighted by molar-refractivity contribution is 6.39. The molecule has 1 rings (SSSR count). The van der Waals surface area contributed by atoms with Crippen LogP contribution < -0.4 is 5.32 Å². The van der Waals surface area contributed by atoms with Gasteiger partial charge in [0.2, 0.25) is 0 Å². The highest BCUT2D eigenvalue weighted by Gasteiger charge is 2.18. The average Bonchev–Trinajstić information content (AvgIpc) is 2.27. The molecule has 0 bridgehead atoms. The van der Waals surface area contributed by atoms with Crippen molar-refractivity contribution < 1.29 is 9.90 Å². The topological polar surface area (TPSA) is 49.3 Å². The monoisotopic (exact) mass is 275 g/mol. The van der Waals surface area contributed by atoms with Crippen LogP contribution in [0.25, 0.3) is 0 Å². The molecule has 17 heavy (non-hydrogen) atoms. The first-order chi connectivity index (χ1) is 8.06. The van der Waals surface area contributed by atoms with Gasteiger partial charge < -0.3 is 10.4 Å². The molecule has 0 aliphatic carbocycles. The third kappa shape index (κ3) is 4.10. The number of carbonyl (C=O) groups is 1. The molecule has 0 aliphatic rings. The first-order valence-corrected chi connectivity index (χ1v) is 6.25. The lowest BCUT2D eigenvalue weighted by atomic mass is 10.1. The predicted molar refractivity (Wildman–Crippen MR) is 71.0 cm³/mol. The molecule has 0 amide bonds. The fourth-order valence-electron chi connectivity index (χ4n) is 1.48. The summed E-state index contributed by atoms with van der Waals surface area (Å²) in [5.41, 5.74) is 0.485. The average molecular weight is 276 g/mol. The maximum atomic E-state index is 11.1. The highest BCUT2D eigenvalue weighted by atomic mass is 35.5. The van der Waals surface area contributed by atoms with Crippen molar-refractivity contribution in [1.29, 1.82) is 0 Å². The Morgan fingerprint density at radius 3 is 2.47 bits per heavy atom. The Balaban J connectivity index is 2.82. The van der Waals surface area contributed by atoms with Crippen LogP contribution in [0.3, 0.4) is 0 Å². The number of halogens is 2. The van der Waals surface area contributed by atoms with Gasteiger partial charge in [0.1, 0.15) is 6.04 Å². The van der Waals surface area contributed by atoms with Gasteiger partial charge in [0.15, 0.2) is 0 Å². The van der Waals surface area contributed by atoms with Crippen molar-refractivity contribution in [2.75, 3.05) is 5.32 Å². The fraction of sp³-hybridized carbons (Fsp3) is 0.417. The van der Waals surface area contributed by atoms with Crippen molar-refractivity contribution in [3.8, 4) is 0 Å². The van der Waals surface area contributed by atoms with E-state index < -0.39 is 12.0 Å². The maximum Gasteiger partial charge on any atom is 0.326 e.